The summed E-state index contributed by atoms with van der Waals surface area (Å²) < 4.78 is 0. The maximum atomic E-state index is 12.5. The number of carbonyl (C=O) groups excluding carboxylic acids is 4. The fourth-order valence-corrected chi connectivity index (χ4v) is 7.77. The van der Waals surface area contributed by atoms with Crippen molar-refractivity contribution in [3.8, 4) is 0 Å². The van der Waals surface area contributed by atoms with Crippen LogP contribution in [0.2, 0.25) is 0 Å². The van der Waals surface area contributed by atoms with Gasteiger partial charge in [0.15, 0.2) is 0 Å². The standard InChI is InChI=1S/2C27H31N3O2.2FH.2Zr/c2*1-18-8-5-9-19(2)24(18)26(31)28-16-14-22-12-7-13-23(30-22)15-17-29-27(32)25-20(3)10-6-11-21(25)4;;;;/h2*5-12,14-15,30H,13,16-17H2,1-4H3,(H,28,31)(H,29,32);2*1H;;. The summed E-state index contributed by atoms with van der Waals surface area (Å²) in [6.45, 7) is 17.3. The van der Waals surface area contributed by atoms with Crippen molar-refractivity contribution in [1.82, 2.24) is 31.9 Å². The average molecular weight is 1080 g/mol. The van der Waals surface area contributed by atoms with Crippen LogP contribution in [0.5, 0.6) is 0 Å². The van der Waals surface area contributed by atoms with Crippen LogP contribution in [0, 0.1) is 55.4 Å². The molecule has 0 aliphatic carbocycles. The number of carbonyl (C=O) groups is 4. The van der Waals surface area contributed by atoms with Crippen molar-refractivity contribution in [3.63, 3.8) is 0 Å². The Labute approximate surface area is 438 Å². The van der Waals surface area contributed by atoms with E-state index in [1.807, 2.05) is 165 Å². The van der Waals surface area contributed by atoms with Crippen molar-refractivity contribution in [2.75, 3.05) is 26.2 Å². The molecule has 4 amide bonds. The number of halogens is 2. The van der Waals surface area contributed by atoms with Gasteiger partial charge in [-0.1, -0.05) is 84.9 Å². The summed E-state index contributed by atoms with van der Waals surface area (Å²) >= 11 is 0. The summed E-state index contributed by atoms with van der Waals surface area (Å²) in [4.78, 5) is 50.1. The number of hydrogen-bond acceptors (Lipinski definition) is 6. The minimum absolute atomic E-state index is 0. The monoisotopic (exact) mass is 1080 g/mol. The molecule has 6 rings (SSSR count). The average Bonchev–Trinajstić information content (AvgIpc) is 3.24. The smallest absolute Gasteiger partial charge is 0.252 e. The van der Waals surface area contributed by atoms with Crippen LogP contribution in [0.15, 0.2) is 144 Å². The molecule has 0 aromatic heterocycles. The predicted octanol–water partition coefficient (Wildman–Crippen LogP) is 9.09. The minimum Gasteiger partial charge on any atom is -0.359 e. The number of allylic oxidation sites excluding steroid dienone is 4. The first-order valence-corrected chi connectivity index (χ1v) is 21.8. The van der Waals surface area contributed by atoms with Crippen molar-refractivity contribution in [2.45, 2.75) is 68.2 Å². The zero-order valence-electron chi connectivity index (χ0n) is 40.2. The normalized spacial score (nSPS) is 14.6. The van der Waals surface area contributed by atoms with Gasteiger partial charge in [-0.3, -0.25) is 28.6 Å². The number of aryl methyl sites for hydroxylation is 8. The van der Waals surface area contributed by atoms with E-state index in [4.69, 9.17) is 0 Å². The largest absolute Gasteiger partial charge is 0.359 e. The van der Waals surface area contributed by atoms with Crippen LogP contribution < -0.4 is 31.9 Å². The Morgan fingerprint density at radius 3 is 0.868 bits per heavy atom. The Balaban J connectivity index is 0.000000642. The van der Waals surface area contributed by atoms with Crippen LogP contribution in [-0.2, 0) is 52.4 Å². The summed E-state index contributed by atoms with van der Waals surface area (Å²) in [5.41, 5.74) is 14.6. The van der Waals surface area contributed by atoms with Gasteiger partial charge in [0.1, 0.15) is 0 Å². The zero-order chi connectivity index (χ0) is 46.2. The van der Waals surface area contributed by atoms with Crippen LogP contribution >= 0.6 is 0 Å². The van der Waals surface area contributed by atoms with E-state index in [9.17, 15) is 19.2 Å². The van der Waals surface area contributed by atoms with Crippen LogP contribution in [-0.4, -0.2) is 49.8 Å². The van der Waals surface area contributed by atoms with E-state index in [1.54, 1.807) is 0 Å². The van der Waals surface area contributed by atoms with E-state index >= 15 is 0 Å². The molecule has 4 aromatic carbocycles. The molecular weight excluding hydrogens is 1020 g/mol. The quantitative estimate of drug-likeness (QED) is 0.0837. The summed E-state index contributed by atoms with van der Waals surface area (Å²) in [5.74, 6) is -0.257. The van der Waals surface area contributed by atoms with Gasteiger partial charge in [0.05, 0.1) is 0 Å². The molecule has 0 saturated carbocycles. The third kappa shape index (κ3) is 17.5. The van der Waals surface area contributed by atoms with Gasteiger partial charge >= 0.3 is 0 Å². The van der Waals surface area contributed by atoms with Crippen molar-refractivity contribution in [3.05, 3.63) is 211 Å². The zero-order valence-corrected chi connectivity index (χ0v) is 45.2. The number of amides is 4. The SMILES string of the molecule is Cc1cccc(C)c1C(=O)NCC=C1C=CCC(=CCNC(=O)c2c(C)cccc2C)N1.Cc1cccc(C)c1C(=O)NCC=C1C=CCC(=CCNC(=O)c2c(C)cccc2C)N1.F.F.[Zr].[Zr]. The van der Waals surface area contributed by atoms with Gasteiger partial charge in [0, 0.05) is 136 Å². The molecule has 4 aromatic rings. The predicted molar refractivity (Wildman–Crippen MR) is 264 cm³/mol. The summed E-state index contributed by atoms with van der Waals surface area (Å²) in [5, 5.41) is 18.6. The molecule has 0 bridgehead atoms. The van der Waals surface area contributed by atoms with Crippen molar-refractivity contribution >= 4 is 23.6 Å². The van der Waals surface area contributed by atoms with E-state index in [2.05, 4.69) is 44.1 Å². The molecule has 2 aliphatic heterocycles. The molecule has 14 heteroatoms. The number of rotatable bonds is 12. The van der Waals surface area contributed by atoms with Crippen LogP contribution in [0.3, 0.4) is 0 Å². The van der Waals surface area contributed by atoms with E-state index in [-0.39, 0.29) is 85.4 Å². The van der Waals surface area contributed by atoms with Crippen LogP contribution in [0.4, 0.5) is 9.41 Å². The Kier molecular flexibility index (Phi) is 26.7. The Morgan fingerprint density at radius 1 is 0.412 bits per heavy atom. The van der Waals surface area contributed by atoms with Crippen molar-refractivity contribution < 1.29 is 81.0 Å². The van der Waals surface area contributed by atoms with Gasteiger partial charge in [0.25, 0.3) is 23.6 Å². The number of hydrogen-bond donors (Lipinski definition) is 6. The summed E-state index contributed by atoms with van der Waals surface area (Å²) in [6.07, 6.45) is 17.5. The Hall–Kier alpha value is -5.57. The van der Waals surface area contributed by atoms with Gasteiger partial charge in [-0.15, -0.1) is 0 Å². The maximum Gasteiger partial charge on any atom is 0.252 e. The third-order valence-electron chi connectivity index (χ3n) is 11.1. The second-order valence-corrected chi connectivity index (χ2v) is 16.1. The molecule has 6 N–H and O–H groups in total. The number of nitrogens with one attached hydrogen (secondary N) is 6. The minimum atomic E-state index is -0.0674. The molecule has 0 fully saturated rings. The Morgan fingerprint density at radius 2 is 0.632 bits per heavy atom. The summed E-state index contributed by atoms with van der Waals surface area (Å²) in [6, 6.07) is 23.4. The maximum absolute atomic E-state index is 12.5. The molecule has 0 radical (unpaired) electrons. The van der Waals surface area contributed by atoms with Gasteiger partial charge in [0.2, 0.25) is 0 Å². The van der Waals surface area contributed by atoms with Crippen LogP contribution in [0.1, 0.15) is 98.8 Å². The first-order chi connectivity index (χ1) is 30.7. The van der Waals surface area contributed by atoms with E-state index in [0.29, 0.717) is 26.2 Å². The molecule has 0 saturated heterocycles. The van der Waals surface area contributed by atoms with Crippen LogP contribution in [0.25, 0.3) is 0 Å². The second-order valence-electron chi connectivity index (χ2n) is 16.1. The summed E-state index contributed by atoms with van der Waals surface area (Å²) in [7, 11) is 0. The van der Waals surface area contributed by atoms with Gasteiger partial charge in [-0.05, 0) is 136 Å². The molecule has 0 unspecified atom stereocenters. The first-order valence-electron chi connectivity index (χ1n) is 21.8. The second kappa shape index (κ2) is 30.0. The van der Waals surface area contributed by atoms with E-state index in [0.717, 1.165) is 102 Å². The molecule has 2 heterocycles. The van der Waals surface area contributed by atoms with Gasteiger partial charge < -0.3 is 31.9 Å². The van der Waals surface area contributed by atoms with Crippen molar-refractivity contribution in [1.29, 1.82) is 0 Å². The third-order valence-corrected chi connectivity index (χ3v) is 11.1. The van der Waals surface area contributed by atoms with Crippen molar-refractivity contribution in [2.24, 2.45) is 0 Å². The molecule has 0 atom stereocenters. The molecule has 0 spiro atoms. The first kappa shape index (κ1) is 60.4. The fourth-order valence-electron chi connectivity index (χ4n) is 7.77. The molecule has 356 valence electrons. The van der Waals surface area contributed by atoms with Gasteiger partial charge in [-0.2, -0.15) is 0 Å². The number of benzene rings is 4. The van der Waals surface area contributed by atoms with E-state index in [1.165, 1.54) is 0 Å². The van der Waals surface area contributed by atoms with E-state index < -0.39 is 0 Å². The molecule has 68 heavy (non-hydrogen) atoms. The molecule has 2 aliphatic rings. The van der Waals surface area contributed by atoms with Gasteiger partial charge in [-0.25, -0.2) is 0 Å². The fraction of sp³-hybridized carbons (Fsp3) is 0.259. The topological polar surface area (TPSA) is 140 Å². The Bertz CT molecular complexity index is 2340. The molecular formula is C54H64F2N6O4Zr2. The molecule has 10 nitrogen and oxygen atoms in total.